The topological polar surface area (TPSA) is 75.4 Å². The number of rotatable bonds is 4. The molecule has 1 N–H and O–H groups in total. The Hall–Kier alpha value is -2.54. The van der Waals surface area contributed by atoms with Crippen LogP contribution in [0.3, 0.4) is 0 Å². The van der Waals surface area contributed by atoms with E-state index in [9.17, 15) is 9.59 Å². The lowest BCUT2D eigenvalue weighted by molar-refractivity contribution is -0.131. The van der Waals surface area contributed by atoms with Gasteiger partial charge in [-0.05, 0) is 48.9 Å². The zero-order valence-electron chi connectivity index (χ0n) is 15.1. The lowest BCUT2D eigenvalue weighted by atomic mass is 9.92. The first kappa shape index (κ1) is 19.8. The number of halogens is 3. The number of nitrogens with zero attached hydrogens (tertiary/aromatic N) is 2. The molecule has 0 saturated carbocycles. The predicted octanol–water partition coefficient (Wildman–Crippen LogP) is 5.27. The summed E-state index contributed by atoms with van der Waals surface area (Å²) in [4.78, 5) is 30.8. The lowest BCUT2D eigenvalue weighted by Crippen LogP contribution is -2.40. The largest absolute Gasteiger partial charge is 0.439 e. The number of benzene rings is 2. The summed E-state index contributed by atoms with van der Waals surface area (Å²) in [5.41, 5.74) is 0.0460. The summed E-state index contributed by atoms with van der Waals surface area (Å²) in [6.07, 6.45) is 1.54. The number of oxazole rings is 1. The number of nitrogens with one attached hydrogen (secondary N) is 1. The van der Waals surface area contributed by atoms with Crippen LogP contribution in [-0.2, 0) is 16.9 Å². The van der Waals surface area contributed by atoms with E-state index in [-0.39, 0.29) is 12.4 Å². The van der Waals surface area contributed by atoms with E-state index in [1.807, 2.05) is 0 Å². The van der Waals surface area contributed by atoms with E-state index in [1.165, 1.54) is 6.20 Å². The van der Waals surface area contributed by atoms with Crippen molar-refractivity contribution in [2.24, 2.45) is 0 Å². The van der Waals surface area contributed by atoms with Gasteiger partial charge in [-0.3, -0.25) is 9.69 Å². The normalized spacial score (nSPS) is 19.0. The van der Waals surface area contributed by atoms with Crippen molar-refractivity contribution in [2.45, 2.75) is 19.0 Å². The third-order valence-corrected chi connectivity index (χ3v) is 5.74. The monoisotopic (exact) mass is 449 g/mol. The first-order chi connectivity index (χ1) is 13.8. The number of hydrogen-bond donors (Lipinski definition) is 1. The molecule has 148 valence electrons. The van der Waals surface area contributed by atoms with Crippen LogP contribution in [0.4, 0.5) is 4.79 Å². The van der Waals surface area contributed by atoms with Crippen molar-refractivity contribution in [1.29, 1.82) is 0 Å². The molecule has 2 heterocycles. The Morgan fingerprint density at radius 2 is 1.79 bits per heavy atom. The van der Waals surface area contributed by atoms with Crippen molar-refractivity contribution in [3.8, 4) is 11.3 Å². The van der Waals surface area contributed by atoms with Crippen LogP contribution in [-0.4, -0.2) is 21.8 Å². The molecular weight excluding hydrogens is 437 g/mol. The van der Waals surface area contributed by atoms with Gasteiger partial charge in [-0.25, -0.2) is 9.78 Å². The second-order valence-corrected chi connectivity index (χ2v) is 7.95. The van der Waals surface area contributed by atoms with Gasteiger partial charge in [0.05, 0.1) is 16.2 Å². The van der Waals surface area contributed by atoms with Crippen molar-refractivity contribution in [1.82, 2.24) is 15.2 Å². The summed E-state index contributed by atoms with van der Waals surface area (Å²) >= 11 is 17.9. The minimum atomic E-state index is -1.27. The molecule has 1 saturated heterocycles. The van der Waals surface area contributed by atoms with Crippen LogP contribution < -0.4 is 5.32 Å². The molecule has 9 heteroatoms. The summed E-state index contributed by atoms with van der Waals surface area (Å²) in [5.74, 6) is 0.305. The van der Waals surface area contributed by atoms with Crippen LogP contribution in [0.25, 0.3) is 11.3 Å². The van der Waals surface area contributed by atoms with E-state index in [4.69, 9.17) is 39.2 Å². The minimum Gasteiger partial charge on any atom is -0.439 e. The highest BCUT2D eigenvalue weighted by Gasteiger charge is 2.49. The fourth-order valence-corrected chi connectivity index (χ4v) is 3.53. The average molecular weight is 451 g/mol. The van der Waals surface area contributed by atoms with E-state index in [0.717, 1.165) is 10.5 Å². The van der Waals surface area contributed by atoms with Crippen molar-refractivity contribution in [3.63, 3.8) is 0 Å². The quantitative estimate of drug-likeness (QED) is 0.550. The van der Waals surface area contributed by atoms with Crippen LogP contribution in [0.15, 0.2) is 53.1 Å². The Bertz CT molecular complexity index is 1110. The molecule has 1 aromatic heterocycles. The van der Waals surface area contributed by atoms with Gasteiger partial charge in [0, 0.05) is 10.6 Å². The van der Waals surface area contributed by atoms with Crippen molar-refractivity contribution < 1.29 is 14.0 Å². The standard InChI is InChI=1S/C20H14Cl3N3O3/c1-20(12-4-7-14(22)15(23)8-12)18(27)26(19(28)25-20)10-17-24-9-16(29-17)11-2-5-13(21)6-3-11/h2-9H,10H2,1H3,(H,25,28). The first-order valence-corrected chi connectivity index (χ1v) is 9.71. The Morgan fingerprint density at radius 1 is 1.07 bits per heavy atom. The van der Waals surface area contributed by atoms with Crippen molar-refractivity contribution in [3.05, 3.63) is 75.2 Å². The molecule has 1 atom stereocenters. The summed E-state index contributed by atoms with van der Waals surface area (Å²) in [6.45, 7) is 1.51. The Morgan fingerprint density at radius 3 is 2.48 bits per heavy atom. The summed E-state index contributed by atoms with van der Waals surface area (Å²) in [6, 6.07) is 11.3. The third kappa shape index (κ3) is 3.59. The number of aromatic nitrogens is 1. The van der Waals surface area contributed by atoms with Crippen LogP contribution in [0.1, 0.15) is 18.4 Å². The maximum atomic E-state index is 13.0. The van der Waals surface area contributed by atoms with E-state index in [1.54, 1.807) is 49.4 Å². The lowest BCUT2D eigenvalue weighted by Gasteiger charge is -2.22. The van der Waals surface area contributed by atoms with Gasteiger partial charge in [0.25, 0.3) is 5.91 Å². The number of hydrogen-bond acceptors (Lipinski definition) is 4. The molecule has 1 fully saturated rings. The number of carbonyl (C=O) groups excluding carboxylic acids is 2. The molecular formula is C20H14Cl3N3O3. The molecule has 3 aromatic rings. The predicted molar refractivity (Wildman–Crippen MR) is 110 cm³/mol. The molecule has 1 unspecified atom stereocenters. The highest BCUT2D eigenvalue weighted by atomic mass is 35.5. The molecule has 29 heavy (non-hydrogen) atoms. The van der Waals surface area contributed by atoms with Crippen LogP contribution in [0, 0.1) is 0 Å². The van der Waals surface area contributed by atoms with Gasteiger partial charge in [-0.2, -0.15) is 0 Å². The molecule has 0 bridgehead atoms. The molecule has 2 aromatic carbocycles. The van der Waals surface area contributed by atoms with Gasteiger partial charge in [-0.1, -0.05) is 40.9 Å². The molecule has 4 rings (SSSR count). The fourth-order valence-electron chi connectivity index (χ4n) is 3.11. The summed E-state index contributed by atoms with van der Waals surface area (Å²) in [5, 5.41) is 3.98. The average Bonchev–Trinajstić information content (AvgIpc) is 3.24. The number of carbonyl (C=O) groups is 2. The molecule has 3 amide bonds. The van der Waals surface area contributed by atoms with Gasteiger partial charge in [0.1, 0.15) is 12.1 Å². The zero-order chi connectivity index (χ0) is 20.8. The van der Waals surface area contributed by atoms with Gasteiger partial charge < -0.3 is 9.73 Å². The smallest absolute Gasteiger partial charge is 0.325 e. The van der Waals surface area contributed by atoms with Crippen molar-refractivity contribution in [2.75, 3.05) is 0 Å². The molecule has 1 aliphatic rings. The van der Waals surface area contributed by atoms with E-state index >= 15 is 0 Å². The first-order valence-electron chi connectivity index (χ1n) is 8.58. The molecule has 6 nitrogen and oxygen atoms in total. The molecule has 1 aliphatic heterocycles. The molecule has 0 spiro atoms. The minimum absolute atomic E-state index is 0.102. The molecule has 0 radical (unpaired) electrons. The van der Waals surface area contributed by atoms with E-state index in [0.29, 0.717) is 26.4 Å². The Labute approximate surface area is 181 Å². The number of urea groups is 1. The second-order valence-electron chi connectivity index (χ2n) is 6.70. The Kier molecular flexibility index (Phi) is 5.02. The zero-order valence-corrected chi connectivity index (χ0v) is 17.3. The number of imide groups is 1. The summed E-state index contributed by atoms with van der Waals surface area (Å²) in [7, 11) is 0. The fraction of sp³-hybridized carbons (Fsp3) is 0.150. The highest BCUT2D eigenvalue weighted by Crippen LogP contribution is 2.33. The maximum absolute atomic E-state index is 13.0. The number of amides is 3. The van der Waals surface area contributed by atoms with Gasteiger partial charge in [-0.15, -0.1) is 0 Å². The van der Waals surface area contributed by atoms with E-state index < -0.39 is 17.5 Å². The van der Waals surface area contributed by atoms with Gasteiger partial charge in [0.2, 0.25) is 5.89 Å². The van der Waals surface area contributed by atoms with Crippen LogP contribution in [0.5, 0.6) is 0 Å². The maximum Gasteiger partial charge on any atom is 0.325 e. The van der Waals surface area contributed by atoms with E-state index in [2.05, 4.69) is 10.3 Å². The Balaban J connectivity index is 1.57. The highest BCUT2D eigenvalue weighted by molar-refractivity contribution is 6.42. The van der Waals surface area contributed by atoms with Gasteiger partial charge >= 0.3 is 6.03 Å². The SMILES string of the molecule is CC1(c2ccc(Cl)c(Cl)c2)NC(=O)N(Cc2ncc(-c3ccc(Cl)cc3)o2)C1=O. The van der Waals surface area contributed by atoms with Crippen molar-refractivity contribution >= 4 is 46.7 Å². The molecule has 0 aliphatic carbocycles. The van der Waals surface area contributed by atoms with Gasteiger partial charge in [0.15, 0.2) is 5.76 Å². The second kappa shape index (κ2) is 7.37. The van der Waals surface area contributed by atoms with Crippen LogP contribution >= 0.6 is 34.8 Å². The summed E-state index contributed by atoms with van der Waals surface area (Å²) < 4.78 is 5.71. The third-order valence-electron chi connectivity index (χ3n) is 4.75. The van der Waals surface area contributed by atoms with Crippen LogP contribution in [0.2, 0.25) is 15.1 Å².